The molecule has 0 aromatic heterocycles. The van der Waals surface area contributed by atoms with Crippen LogP contribution in [0.5, 0.6) is 0 Å². The molecule has 52 valence electrons. The molecule has 9 heavy (non-hydrogen) atoms. The van der Waals surface area contributed by atoms with Crippen LogP contribution in [-0.4, -0.2) is 20.2 Å². The predicted octanol–water partition coefficient (Wildman–Crippen LogP) is -0.105. The molecule has 0 spiro atoms. The third-order valence-corrected chi connectivity index (χ3v) is 2.02. The van der Waals surface area contributed by atoms with Gasteiger partial charge in [-0.05, 0) is 6.42 Å². The van der Waals surface area contributed by atoms with E-state index in [1.807, 2.05) is 6.92 Å². The summed E-state index contributed by atoms with van der Waals surface area (Å²) in [6, 6.07) is 0. The topological polar surface area (TPSA) is 55.8 Å². The van der Waals surface area contributed by atoms with Crippen molar-refractivity contribution in [2.75, 3.05) is 0 Å². The molecule has 0 saturated carbocycles. The Kier molecular flexibility index (Phi) is 1.54. The molecule has 1 N–H and O–H groups in total. The molecule has 5 heteroatoms. The van der Waals surface area contributed by atoms with E-state index in [0.29, 0.717) is 6.42 Å². The Morgan fingerprint density at radius 2 is 2.22 bits per heavy atom. The van der Waals surface area contributed by atoms with E-state index in [1.54, 1.807) is 0 Å². The van der Waals surface area contributed by atoms with Gasteiger partial charge in [0.05, 0.1) is 6.42 Å². The summed E-state index contributed by atoms with van der Waals surface area (Å²) in [6.45, 7) is 1.88. The molecule has 0 bridgehead atoms. The van der Waals surface area contributed by atoms with Crippen LogP contribution in [0.4, 0.5) is 0 Å². The molecule has 0 aliphatic carbocycles. The molecule has 1 rings (SSSR count). The summed E-state index contributed by atoms with van der Waals surface area (Å²) in [5, 5.41) is 8.96. The van der Waals surface area contributed by atoms with Gasteiger partial charge in [0.15, 0.2) is 0 Å². The Balaban J connectivity index is 2.31. The summed E-state index contributed by atoms with van der Waals surface area (Å²) in [7, 11) is -2.32. The van der Waals surface area contributed by atoms with Crippen molar-refractivity contribution in [3.8, 4) is 0 Å². The first-order chi connectivity index (χ1) is 4.16. The third kappa shape index (κ3) is 1.28. The van der Waals surface area contributed by atoms with Crippen molar-refractivity contribution in [3.63, 3.8) is 0 Å². The molecule has 0 atom stereocenters. The monoisotopic (exact) mass is 148 g/mol. The minimum atomic E-state index is -2.32. The lowest BCUT2D eigenvalue weighted by molar-refractivity contribution is -0.356. The summed E-state index contributed by atoms with van der Waals surface area (Å²) in [5.41, 5.74) is 0. The molecule has 1 saturated heterocycles. The lowest BCUT2D eigenvalue weighted by Gasteiger charge is -2.34. The Morgan fingerprint density at radius 3 is 2.56 bits per heavy atom. The van der Waals surface area contributed by atoms with Crippen molar-refractivity contribution >= 4 is 9.17 Å². The SMILES string of the molecule is CCCC1(O)O[Si](=O)O1. The van der Waals surface area contributed by atoms with Crippen LogP contribution in [0.3, 0.4) is 0 Å². The predicted molar refractivity (Wildman–Crippen MR) is 28.5 cm³/mol. The number of aliphatic hydroxyl groups is 1. The van der Waals surface area contributed by atoms with Crippen LogP contribution in [-0.2, 0) is 13.3 Å². The van der Waals surface area contributed by atoms with Gasteiger partial charge in [0.25, 0.3) is 0 Å². The van der Waals surface area contributed by atoms with Crippen molar-refractivity contribution in [1.29, 1.82) is 0 Å². The summed E-state index contributed by atoms with van der Waals surface area (Å²) in [5.74, 6) is -1.52. The molecule has 0 aromatic rings. The first kappa shape index (κ1) is 6.69. The summed E-state index contributed by atoms with van der Waals surface area (Å²) in [4.78, 5) is 0. The van der Waals surface area contributed by atoms with E-state index in [-0.39, 0.29) is 0 Å². The van der Waals surface area contributed by atoms with E-state index in [4.69, 9.17) is 5.11 Å². The van der Waals surface area contributed by atoms with Crippen LogP contribution in [0.15, 0.2) is 0 Å². The van der Waals surface area contributed by atoms with E-state index in [1.165, 1.54) is 0 Å². The van der Waals surface area contributed by atoms with Crippen molar-refractivity contribution in [1.82, 2.24) is 0 Å². The normalized spacial score (nSPS) is 21.8. The first-order valence-corrected chi connectivity index (χ1v) is 4.03. The molecular formula is C4H8O4Si. The number of hydrogen-bond donors (Lipinski definition) is 1. The molecule has 0 amide bonds. The quantitative estimate of drug-likeness (QED) is 0.555. The Hall–Kier alpha value is -0.423. The zero-order valence-corrected chi connectivity index (χ0v) is 6.09. The van der Waals surface area contributed by atoms with Gasteiger partial charge in [-0.2, -0.15) is 0 Å². The Bertz CT molecular complexity index is 127. The highest BCUT2D eigenvalue weighted by atomic mass is 28.3. The molecular weight excluding hydrogens is 140 g/mol. The summed E-state index contributed by atoms with van der Waals surface area (Å²) >= 11 is 0. The second-order valence-electron chi connectivity index (χ2n) is 1.92. The Morgan fingerprint density at radius 1 is 1.67 bits per heavy atom. The molecule has 0 aromatic carbocycles. The zero-order valence-electron chi connectivity index (χ0n) is 5.09. The van der Waals surface area contributed by atoms with Crippen LogP contribution < -0.4 is 0 Å². The van der Waals surface area contributed by atoms with Crippen LogP contribution in [0.2, 0.25) is 0 Å². The number of rotatable bonds is 2. The highest BCUT2D eigenvalue weighted by Crippen LogP contribution is 2.24. The van der Waals surface area contributed by atoms with E-state index in [2.05, 4.69) is 8.85 Å². The van der Waals surface area contributed by atoms with Crippen molar-refractivity contribution in [2.24, 2.45) is 0 Å². The van der Waals surface area contributed by atoms with Gasteiger partial charge in [0, 0.05) is 0 Å². The lowest BCUT2D eigenvalue weighted by atomic mass is 10.3. The summed E-state index contributed by atoms with van der Waals surface area (Å²) in [6.07, 6.45) is 1.12. The zero-order chi connectivity index (χ0) is 6.91. The van der Waals surface area contributed by atoms with E-state index in [0.717, 1.165) is 6.42 Å². The molecule has 0 unspecified atom stereocenters. The van der Waals surface area contributed by atoms with Gasteiger partial charge < -0.3 is 14.0 Å². The van der Waals surface area contributed by atoms with Crippen LogP contribution in [0, 0.1) is 0 Å². The van der Waals surface area contributed by atoms with E-state index < -0.39 is 15.1 Å². The molecule has 1 aliphatic heterocycles. The van der Waals surface area contributed by atoms with Gasteiger partial charge in [-0.25, -0.2) is 0 Å². The first-order valence-electron chi connectivity index (χ1n) is 2.80. The van der Waals surface area contributed by atoms with Gasteiger partial charge >= 0.3 is 15.1 Å². The van der Waals surface area contributed by atoms with Crippen molar-refractivity contribution < 1.29 is 18.4 Å². The fourth-order valence-corrected chi connectivity index (χ4v) is 1.43. The second-order valence-corrected chi connectivity index (χ2v) is 2.83. The van der Waals surface area contributed by atoms with Crippen molar-refractivity contribution in [2.45, 2.75) is 25.7 Å². The van der Waals surface area contributed by atoms with E-state index in [9.17, 15) is 4.46 Å². The van der Waals surface area contributed by atoms with Gasteiger partial charge in [0.1, 0.15) is 0 Å². The minimum absolute atomic E-state index is 0.378. The van der Waals surface area contributed by atoms with E-state index >= 15 is 0 Å². The van der Waals surface area contributed by atoms with Gasteiger partial charge in [-0.1, -0.05) is 6.92 Å². The maximum absolute atomic E-state index is 10.2. The molecule has 1 fully saturated rings. The Labute approximate surface area is 54.3 Å². The second kappa shape index (κ2) is 2.07. The smallest absolute Gasteiger partial charge is 0.435 e. The maximum atomic E-state index is 10.2. The molecule has 1 aliphatic rings. The highest BCUT2D eigenvalue weighted by molar-refractivity contribution is 6.28. The fourth-order valence-electron chi connectivity index (χ4n) is 0.686. The minimum Gasteiger partial charge on any atom is -0.435 e. The standard InChI is InChI=1S/C4H8O4Si/c1-2-3-4(5)7-9(6)8-4/h5H,2-3H2,1H3. The van der Waals surface area contributed by atoms with Crippen molar-refractivity contribution in [3.05, 3.63) is 0 Å². The van der Waals surface area contributed by atoms with Crippen LogP contribution >= 0.6 is 0 Å². The molecule has 1 heterocycles. The average Bonchev–Trinajstić information content (AvgIpc) is 1.62. The van der Waals surface area contributed by atoms with Gasteiger partial charge in [0.2, 0.25) is 0 Å². The lowest BCUT2D eigenvalue weighted by Crippen LogP contribution is -2.52. The number of hydrogen-bond acceptors (Lipinski definition) is 4. The van der Waals surface area contributed by atoms with Gasteiger partial charge in [-0.3, -0.25) is 4.46 Å². The summed E-state index contributed by atoms with van der Waals surface area (Å²) < 4.78 is 19.1. The fraction of sp³-hybridized carbons (Fsp3) is 1.00. The van der Waals surface area contributed by atoms with Crippen LogP contribution in [0.25, 0.3) is 0 Å². The third-order valence-electron chi connectivity index (χ3n) is 1.05. The highest BCUT2D eigenvalue weighted by Gasteiger charge is 2.48. The largest absolute Gasteiger partial charge is 0.776 e. The van der Waals surface area contributed by atoms with Crippen LogP contribution in [0.1, 0.15) is 19.8 Å². The molecule has 4 nitrogen and oxygen atoms in total. The molecule has 0 radical (unpaired) electrons. The van der Waals surface area contributed by atoms with Gasteiger partial charge in [-0.15, -0.1) is 0 Å². The maximum Gasteiger partial charge on any atom is 0.776 e. The average molecular weight is 148 g/mol.